The van der Waals surface area contributed by atoms with Crippen LogP contribution in [0.5, 0.6) is 0 Å². The minimum absolute atomic E-state index is 0.0602. The van der Waals surface area contributed by atoms with E-state index in [9.17, 15) is 9.59 Å². The van der Waals surface area contributed by atoms with Gasteiger partial charge in [-0.3, -0.25) is 14.2 Å². The third-order valence-corrected chi connectivity index (χ3v) is 4.26. The van der Waals surface area contributed by atoms with Crippen molar-refractivity contribution in [2.24, 2.45) is 5.92 Å². The molecule has 24 heavy (non-hydrogen) atoms. The molecule has 126 valence electrons. The Morgan fingerprint density at radius 3 is 2.83 bits per heavy atom. The van der Waals surface area contributed by atoms with E-state index in [1.807, 2.05) is 0 Å². The van der Waals surface area contributed by atoms with E-state index in [-0.39, 0.29) is 17.7 Å². The lowest BCUT2D eigenvalue weighted by atomic mass is 9.96. The fourth-order valence-electron chi connectivity index (χ4n) is 3.00. The minimum Gasteiger partial charge on any atom is -0.349 e. The standard InChI is InChI=1S/C17H21N5O2/c1-20(2)16(23)14-4-3-8-21(11-14)17(24)13-5-6-19-15(10-13)22-9-7-18-12-22/h5-7,9-10,12,14H,3-4,8,11H2,1-2H3. The summed E-state index contributed by atoms with van der Waals surface area (Å²) in [6.07, 6.45) is 8.38. The van der Waals surface area contributed by atoms with Crippen LogP contribution in [0.1, 0.15) is 23.2 Å². The van der Waals surface area contributed by atoms with Crippen molar-refractivity contribution in [2.75, 3.05) is 27.2 Å². The Hall–Kier alpha value is -2.70. The Kier molecular flexibility index (Phi) is 4.59. The zero-order valence-electron chi connectivity index (χ0n) is 13.9. The summed E-state index contributed by atoms with van der Waals surface area (Å²) in [6, 6.07) is 3.46. The summed E-state index contributed by atoms with van der Waals surface area (Å²) in [5.41, 5.74) is 0.576. The number of pyridine rings is 1. The molecule has 0 radical (unpaired) electrons. The molecule has 1 saturated heterocycles. The number of likely N-dealkylation sites (tertiary alicyclic amines) is 1. The molecule has 0 bridgehead atoms. The summed E-state index contributed by atoms with van der Waals surface area (Å²) in [4.78, 5) is 36.6. The zero-order chi connectivity index (χ0) is 17.1. The normalized spacial score (nSPS) is 17.6. The minimum atomic E-state index is -0.118. The van der Waals surface area contributed by atoms with Gasteiger partial charge in [0, 0.05) is 51.3 Å². The summed E-state index contributed by atoms with van der Waals surface area (Å²) < 4.78 is 1.76. The van der Waals surface area contributed by atoms with Crippen molar-refractivity contribution in [2.45, 2.75) is 12.8 Å². The van der Waals surface area contributed by atoms with Gasteiger partial charge >= 0.3 is 0 Å². The van der Waals surface area contributed by atoms with Gasteiger partial charge in [0.05, 0.1) is 5.92 Å². The van der Waals surface area contributed by atoms with Crippen molar-refractivity contribution in [3.8, 4) is 5.82 Å². The fraction of sp³-hybridized carbons (Fsp3) is 0.412. The third-order valence-electron chi connectivity index (χ3n) is 4.26. The number of nitrogens with zero attached hydrogens (tertiary/aromatic N) is 5. The van der Waals surface area contributed by atoms with Crippen molar-refractivity contribution in [3.05, 3.63) is 42.6 Å². The quantitative estimate of drug-likeness (QED) is 0.849. The highest BCUT2D eigenvalue weighted by Crippen LogP contribution is 2.20. The molecule has 1 fully saturated rings. The van der Waals surface area contributed by atoms with Crippen molar-refractivity contribution >= 4 is 11.8 Å². The maximum atomic E-state index is 12.8. The lowest BCUT2D eigenvalue weighted by Gasteiger charge is -2.33. The van der Waals surface area contributed by atoms with Crippen LogP contribution in [0.3, 0.4) is 0 Å². The van der Waals surface area contributed by atoms with Crippen molar-refractivity contribution in [3.63, 3.8) is 0 Å². The highest BCUT2D eigenvalue weighted by atomic mass is 16.2. The number of carbonyl (C=O) groups is 2. The van der Waals surface area contributed by atoms with E-state index >= 15 is 0 Å². The number of carbonyl (C=O) groups excluding carboxylic acids is 2. The van der Waals surface area contributed by atoms with Crippen LogP contribution in [0, 0.1) is 5.92 Å². The van der Waals surface area contributed by atoms with Gasteiger partial charge in [0.25, 0.3) is 5.91 Å². The average molecular weight is 327 g/mol. The fourth-order valence-corrected chi connectivity index (χ4v) is 3.00. The summed E-state index contributed by atoms with van der Waals surface area (Å²) in [7, 11) is 3.51. The molecule has 7 heteroatoms. The molecule has 7 nitrogen and oxygen atoms in total. The molecule has 0 N–H and O–H groups in total. The first-order valence-corrected chi connectivity index (χ1v) is 8.01. The van der Waals surface area contributed by atoms with Gasteiger partial charge in [0.2, 0.25) is 5.91 Å². The van der Waals surface area contributed by atoms with E-state index in [0.717, 1.165) is 12.8 Å². The van der Waals surface area contributed by atoms with Gasteiger partial charge in [-0.15, -0.1) is 0 Å². The van der Waals surface area contributed by atoms with Crippen molar-refractivity contribution < 1.29 is 9.59 Å². The summed E-state index contributed by atoms with van der Waals surface area (Å²) >= 11 is 0. The topological polar surface area (TPSA) is 71.3 Å². The number of hydrogen-bond donors (Lipinski definition) is 0. The SMILES string of the molecule is CN(C)C(=O)C1CCCN(C(=O)c2ccnc(-n3ccnc3)c2)C1. The number of aromatic nitrogens is 3. The van der Waals surface area contributed by atoms with Crippen LogP contribution in [0.2, 0.25) is 0 Å². The molecular weight excluding hydrogens is 306 g/mol. The molecule has 2 aromatic heterocycles. The molecule has 0 aromatic carbocycles. The van der Waals surface area contributed by atoms with Gasteiger partial charge in [-0.2, -0.15) is 0 Å². The Morgan fingerprint density at radius 1 is 1.29 bits per heavy atom. The molecule has 2 aromatic rings. The van der Waals surface area contributed by atoms with Gasteiger partial charge in [-0.05, 0) is 25.0 Å². The zero-order valence-corrected chi connectivity index (χ0v) is 13.9. The smallest absolute Gasteiger partial charge is 0.254 e. The van der Waals surface area contributed by atoms with E-state index in [4.69, 9.17) is 0 Å². The number of rotatable bonds is 3. The van der Waals surface area contributed by atoms with Crippen molar-refractivity contribution in [1.29, 1.82) is 0 Å². The summed E-state index contributed by atoms with van der Waals surface area (Å²) in [5.74, 6) is 0.556. The molecule has 3 heterocycles. The van der Waals surface area contributed by atoms with Gasteiger partial charge in [-0.25, -0.2) is 9.97 Å². The van der Waals surface area contributed by atoms with Crippen LogP contribution in [0.15, 0.2) is 37.1 Å². The van der Waals surface area contributed by atoms with Crippen LogP contribution in [-0.2, 0) is 4.79 Å². The highest BCUT2D eigenvalue weighted by Gasteiger charge is 2.29. The van der Waals surface area contributed by atoms with Crippen molar-refractivity contribution in [1.82, 2.24) is 24.3 Å². The van der Waals surface area contributed by atoms with Gasteiger partial charge in [0.1, 0.15) is 12.1 Å². The molecule has 1 unspecified atom stereocenters. The van der Waals surface area contributed by atoms with E-state index in [1.165, 1.54) is 0 Å². The van der Waals surface area contributed by atoms with Gasteiger partial charge in [0.15, 0.2) is 0 Å². The molecule has 1 aliphatic heterocycles. The van der Waals surface area contributed by atoms with Crippen LogP contribution in [0.4, 0.5) is 0 Å². The van der Waals surface area contributed by atoms with Crippen LogP contribution in [-0.4, -0.2) is 63.3 Å². The predicted molar refractivity (Wildman–Crippen MR) is 88.7 cm³/mol. The van der Waals surface area contributed by atoms with E-state index in [0.29, 0.717) is 24.5 Å². The van der Waals surface area contributed by atoms with Gasteiger partial charge in [-0.1, -0.05) is 0 Å². The highest BCUT2D eigenvalue weighted by molar-refractivity contribution is 5.95. The average Bonchev–Trinajstić information content (AvgIpc) is 3.15. The van der Waals surface area contributed by atoms with Crippen LogP contribution >= 0.6 is 0 Å². The molecule has 1 aliphatic rings. The first kappa shape index (κ1) is 16.2. The van der Waals surface area contributed by atoms with E-state index in [1.54, 1.807) is 65.5 Å². The predicted octanol–water partition coefficient (Wildman–Crippen LogP) is 1.21. The first-order chi connectivity index (χ1) is 11.6. The Bertz CT molecular complexity index is 726. The van der Waals surface area contributed by atoms with E-state index < -0.39 is 0 Å². The Labute approximate surface area is 140 Å². The molecule has 3 rings (SSSR count). The number of imidazole rings is 1. The second kappa shape index (κ2) is 6.82. The second-order valence-electron chi connectivity index (χ2n) is 6.20. The van der Waals surface area contributed by atoms with E-state index in [2.05, 4.69) is 9.97 Å². The van der Waals surface area contributed by atoms with Gasteiger partial charge < -0.3 is 9.80 Å². The Morgan fingerprint density at radius 2 is 2.12 bits per heavy atom. The summed E-state index contributed by atoms with van der Waals surface area (Å²) in [6.45, 7) is 1.15. The maximum absolute atomic E-state index is 12.8. The lowest BCUT2D eigenvalue weighted by molar-refractivity contribution is -0.134. The second-order valence-corrected chi connectivity index (χ2v) is 6.20. The number of piperidine rings is 1. The number of amides is 2. The monoisotopic (exact) mass is 327 g/mol. The molecule has 1 atom stereocenters. The van der Waals surface area contributed by atoms with Crippen LogP contribution in [0.25, 0.3) is 5.82 Å². The molecule has 0 saturated carbocycles. The molecule has 0 aliphatic carbocycles. The molecule has 2 amide bonds. The first-order valence-electron chi connectivity index (χ1n) is 8.01. The Balaban J connectivity index is 1.76. The third kappa shape index (κ3) is 3.29. The molecule has 0 spiro atoms. The summed E-state index contributed by atoms with van der Waals surface area (Å²) in [5, 5.41) is 0. The number of hydrogen-bond acceptors (Lipinski definition) is 4. The maximum Gasteiger partial charge on any atom is 0.254 e. The largest absolute Gasteiger partial charge is 0.349 e. The van der Waals surface area contributed by atoms with Crippen LogP contribution < -0.4 is 0 Å². The molecular formula is C17H21N5O2. The lowest BCUT2D eigenvalue weighted by Crippen LogP contribution is -2.45.